The highest BCUT2D eigenvalue weighted by atomic mass is 19.4. The van der Waals surface area contributed by atoms with Crippen molar-refractivity contribution in [2.75, 3.05) is 0 Å². The first-order chi connectivity index (χ1) is 8.93. The molecule has 0 N–H and O–H groups in total. The normalized spacial score (nSPS) is 11.4. The van der Waals surface area contributed by atoms with E-state index in [2.05, 4.69) is 19.9 Å². The average Bonchev–Trinajstić information content (AvgIpc) is 2.37. The van der Waals surface area contributed by atoms with Crippen LogP contribution in [0.5, 0.6) is 0 Å². The van der Waals surface area contributed by atoms with Crippen LogP contribution in [0.2, 0.25) is 0 Å². The predicted octanol–water partition coefficient (Wildman–Crippen LogP) is 2.07. The zero-order valence-electron chi connectivity index (χ0n) is 9.64. The van der Waals surface area contributed by atoms with Crippen molar-refractivity contribution in [2.24, 2.45) is 0 Å². The average molecular weight is 268 g/mol. The number of hydrogen-bond donors (Lipinski definition) is 0. The molecule has 19 heavy (non-hydrogen) atoms. The van der Waals surface area contributed by atoms with E-state index in [-0.39, 0.29) is 17.7 Å². The number of nitrogens with zero attached hydrogens (tertiary/aromatic N) is 4. The Hall–Kier alpha value is -2.38. The molecule has 0 saturated heterocycles. The van der Waals surface area contributed by atoms with Gasteiger partial charge in [0, 0.05) is 12.4 Å². The van der Waals surface area contributed by atoms with Crippen molar-refractivity contribution in [3.8, 4) is 11.4 Å². The number of carbonyl (C=O) groups is 1. The highest BCUT2D eigenvalue weighted by molar-refractivity contribution is 5.76. The third kappa shape index (κ3) is 2.56. The van der Waals surface area contributed by atoms with E-state index in [0.29, 0.717) is 5.69 Å². The lowest BCUT2D eigenvalue weighted by atomic mass is 10.2. The van der Waals surface area contributed by atoms with Crippen molar-refractivity contribution < 1.29 is 18.0 Å². The van der Waals surface area contributed by atoms with Gasteiger partial charge in [0.1, 0.15) is 6.33 Å². The first-order valence-electron chi connectivity index (χ1n) is 5.10. The van der Waals surface area contributed by atoms with Gasteiger partial charge in [0.15, 0.2) is 17.8 Å². The van der Waals surface area contributed by atoms with Crippen LogP contribution in [-0.2, 0) is 6.18 Å². The summed E-state index contributed by atoms with van der Waals surface area (Å²) in [6.45, 7) is 1.60. The Morgan fingerprint density at radius 3 is 2.53 bits per heavy atom. The minimum absolute atomic E-state index is 0.0704. The van der Waals surface area contributed by atoms with Gasteiger partial charge in [0.25, 0.3) is 0 Å². The second kappa shape index (κ2) is 4.71. The van der Waals surface area contributed by atoms with E-state index in [9.17, 15) is 18.0 Å². The lowest BCUT2D eigenvalue weighted by Crippen LogP contribution is -2.13. The number of hydrogen-bond acceptors (Lipinski definition) is 5. The Labute approximate surface area is 105 Å². The third-order valence-corrected chi connectivity index (χ3v) is 2.36. The molecule has 0 aliphatic carbocycles. The van der Waals surface area contributed by atoms with Gasteiger partial charge in [-0.25, -0.2) is 19.9 Å². The molecule has 0 radical (unpaired) electrons. The van der Waals surface area contributed by atoms with Crippen molar-refractivity contribution in [3.63, 3.8) is 0 Å². The molecule has 98 valence electrons. The van der Waals surface area contributed by atoms with Crippen LogP contribution in [-0.4, -0.2) is 26.2 Å². The second-order valence-corrected chi connectivity index (χ2v) is 3.63. The van der Waals surface area contributed by atoms with Gasteiger partial charge in [-0.1, -0.05) is 0 Å². The van der Waals surface area contributed by atoms with Crippen molar-refractivity contribution in [1.82, 2.24) is 19.9 Å². The molecule has 0 spiro atoms. The lowest BCUT2D eigenvalue weighted by Gasteiger charge is -2.10. The summed E-state index contributed by atoms with van der Waals surface area (Å²) in [6, 6.07) is 0. The summed E-state index contributed by atoms with van der Waals surface area (Å²) in [4.78, 5) is 25.3. The topological polar surface area (TPSA) is 68.6 Å². The van der Waals surface area contributed by atoms with Gasteiger partial charge in [-0.3, -0.25) is 4.79 Å². The van der Waals surface area contributed by atoms with Crippen LogP contribution in [0.1, 0.15) is 21.7 Å². The summed E-state index contributed by atoms with van der Waals surface area (Å²) in [5.41, 5.74) is -1.14. The fourth-order valence-electron chi connectivity index (χ4n) is 1.44. The number of aromatic nitrogens is 4. The van der Waals surface area contributed by atoms with E-state index in [1.54, 1.807) is 6.92 Å². The molecule has 0 fully saturated rings. The monoisotopic (exact) mass is 268 g/mol. The molecule has 2 rings (SSSR count). The third-order valence-electron chi connectivity index (χ3n) is 2.36. The van der Waals surface area contributed by atoms with Crippen LogP contribution in [0.25, 0.3) is 11.4 Å². The highest BCUT2D eigenvalue weighted by Gasteiger charge is 2.36. The number of aldehydes is 1. The van der Waals surface area contributed by atoms with Crippen LogP contribution >= 0.6 is 0 Å². The molecular formula is C11H7F3N4O. The predicted molar refractivity (Wildman–Crippen MR) is 58.2 cm³/mol. The lowest BCUT2D eigenvalue weighted by molar-refractivity contribution is -0.141. The second-order valence-electron chi connectivity index (χ2n) is 3.63. The van der Waals surface area contributed by atoms with Gasteiger partial charge in [-0.2, -0.15) is 13.2 Å². The molecule has 2 aromatic heterocycles. The standard InChI is InChI=1S/C11H7F3N4O/c1-6-8(3-15-5-17-6)10-16-2-7(4-19)9(18-10)11(12,13)14/h2-5H,1H3. The summed E-state index contributed by atoms with van der Waals surface area (Å²) < 4.78 is 38.3. The van der Waals surface area contributed by atoms with E-state index in [4.69, 9.17) is 0 Å². The maximum absolute atomic E-state index is 12.8. The maximum Gasteiger partial charge on any atom is 0.434 e. The van der Waals surface area contributed by atoms with Crippen molar-refractivity contribution >= 4 is 6.29 Å². The molecule has 2 aromatic rings. The van der Waals surface area contributed by atoms with E-state index >= 15 is 0 Å². The Bertz CT molecular complexity index is 628. The Kier molecular flexibility index (Phi) is 3.24. The van der Waals surface area contributed by atoms with Crippen LogP contribution in [0.15, 0.2) is 18.7 Å². The summed E-state index contributed by atoms with van der Waals surface area (Å²) in [6.07, 6.45) is -1.23. The van der Waals surface area contributed by atoms with Crippen LogP contribution < -0.4 is 0 Å². The van der Waals surface area contributed by atoms with E-state index in [1.165, 1.54) is 12.5 Å². The van der Waals surface area contributed by atoms with Crippen LogP contribution in [0.3, 0.4) is 0 Å². The van der Waals surface area contributed by atoms with Gasteiger partial charge in [0.2, 0.25) is 0 Å². The number of halogens is 3. The molecule has 5 nitrogen and oxygen atoms in total. The van der Waals surface area contributed by atoms with Crippen LogP contribution in [0.4, 0.5) is 13.2 Å². The highest BCUT2D eigenvalue weighted by Crippen LogP contribution is 2.31. The summed E-state index contributed by atoms with van der Waals surface area (Å²) >= 11 is 0. The summed E-state index contributed by atoms with van der Waals surface area (Å²) in [7, 11) is 0. The number of rotatable bonds is 2. The largest absolute Gasteiger partial charge is 0.434 e. The number of aryl methyl sites for hydroxylation is 1. The molecule has 2 heterocycles. The van der Waals surface area contributed by atoms with Crippen molar-refractivity contribution in [2.45, 2.75) is 13.1 Å². The van der Waals surface area contributed by atoms with E-state index in [1.807, 2.05) is 0 Å². The minimum atomic E-state index is -4.72. The maximum atomic E-state index is 12.8. The van der Waals surface area contributed by atoms with Gasteiger partial charge in [-0.05, 0) is 6.92 Å². The SMILES string of the molecule is Cc1ncncc1-c1ncc(C=O)c(C(F)(F)F)n1. The zero-order valence-corrected chi connectivity index (χ0v) is 9.64. The van der Waals surface area contributed by atoms with Gasteiger partial charge in [-0.15, -0.1) is 0 Å². The molecular weight excluding hydrogens is 261 g/mol. The quantitative estimate of drug-likeness (QED) is 0.780. The van der Waals surface area contributed by atoms with Gasteiger partial charge < -0.3 is 0 Å². The van der Waals surface area contributed by atoms with Crippen molar-refractivity contribution in [3.05, 3.63) is 35.7 Å². The molecule has 0 saturated carbocycles. The smallest absolute Gasteiger partial charge is 0.298 e. The number of alkyl halides is 3. The van der Waals surface area contributed by atoms with E-state index < -0.39 is 17.4 Å². The molecule has 0 atom stereocenters. The Balaban J connectivity index is 2.62. The van der Waals surface area contributed by atoms with Crippen molar-refractivity contribution in [1.29, 1.82) is 0 Å². The molecule has 0 unspecified atom stereocenters. The number of carbonyl (C=O) groups excluding carboxylic acids is 1. The zero-order chi connectivity index (χ0) is 14.0. The van der Waals surface area contributed by atoms with E-state index in [0.717, 1.165) is 6.20 Å². The Morgan fingerprint density at radius 1 is 1.21 bits per heavy atom. The first kappa shape index (κ1) is 13.1. The summed E-state index contributed by atoms with van der Waals surface area (Å²) in [5, 5.41) is 0. The molecule has 8 heteroatoms. The van der Waals surface area contributed by atoms with Gasteiger partial charge >= 0.3 is 6.18 Å². The molecule has 0 bridgehead atoms. The molecule has 0 aliphatic heterocycles. The molecule has 0 amide bonds. The molecule has 0 aliphatic rings. The summed E-state index contributed by atoms with van der Waals surface area (Å²) in [5.74, 6) is -0.170. The fourth-order valence-corrected chi connectivity index (χ4v) is 1.44. The minimum Gasteiger partial charge on any atom is -0.298 e. The first-order valence-corrected chi connectivity index (χ1v) is 5.10. The fraction of sp³-hybridized carbons (Fsp3) is 0.182. The Morgan fingerprint density at radius 2 is 1.95 bits per heavy atom. The van der Waals surface area contributed by atoms with Crippen LogP contribution in [0, 0.1) is 6.92 Å². The molecule has 0 aromatic carbocycles. The van der Waals surface area contributed by atoms with Gasteiger partial charge in [0.05, 0.1) is 16.8 Å².